The fraction of sp³-hybridized carbons (Fsp3) is 0.125. The van der Waals surface area contributed by atoms with E-state index < -0.39 is 0 Å². The summed E-state index contributed by atoms with van der Waals surface area (Å²) < 4.78 is 11.6. The van der Waals surface area contributed by atoms with Gasteiger partial charge in [0.2, 0.25) is 0 Å². The highest BCUT2D eigenvalue weighted by Gasteiger charge is 1.91. The van der Waals surface area contributed by atoms with E-state index in [4.69, 9.17) is 0 Å². The largest absolute Gasteiger partial charge is 0.231 e. The van der Waals surface area contributed by atoms with Crippen molar-refractivity contribution in [1.82, 2.24) is 0 Å². The highest BCUT2D eigenvalue weighted by molar-refractivity contribution is 8.01. The van der Waals surface area contributed by atoms with E-state index in [9.17, 15) is 4.39 Å². The number of rotatable bonds is 2. The van der Waals surface area contributed by atoms with E-state index in [0.717, 1.165) is 22.2 Å². The first-order valence-electron chi connectivity index (χ1n) is 2.98. The summed E-state index contributed by atoms with van der Waals surface area (Å²) in [6.45, 7) is 1.99. The molecule has 0 aliphatic rings. The minimum Gasteiger partial charge on any atom is -0.231 e. The van der Waals surface area contributed by atoms with Crippen molar-refractivity contribution in [2.75, 3.05) is 0 Å². The molecule has 1 rings (SSSR count). The van der Waals surface area contributed by atoms with E-state index in [1.807, 2.05) is 31.2 Å². The Balaban J connectivity index is 2.75. The zero-order valence-corrected chi connectivity index (χ0v) is 6.49. The Kier molecular flexibility index (Phi) is 2.75. The normalized spacial score (nSPS) is 9.80. The third-order valence-corrected chi connectivity index (χ3v) is 1.79. The van der Waals surface area contributed by atoms with Crippen LogP contribution in [0, 0.1) is 12.9 Å². The predicted molar refractivity (Wildman–Crippen MR) is 42.4 cm³/mol. The lowest BCUT2D eigenvalue weighted by Gasteiger charge is -1.95. The highest BCUT2D eigenvalue weighted by atomic mass is 32.2. The molecule has 0 bridgehead atoms. The van der Waals surface area contributed by atoms with Crippen molar-refractivity contribution < 1.29 is 4.39 Å². The molecule has 53 valence electrons. The van der Waals surface area contributed by atoms with Gasteiger partial charge in [-0.25, -0.2) is 4.39 Å². The number of benzene rings is 1. The standard InChI is InChI=1S/C8H8FS/c1-7-3-2-4-8(5-7)10-6-9/h2-6H,1H3. The summed E-state index contributed by atoms with van der Waals surface area (Å²) >= 11 is 1.10. The molecule has 0 N–H and O–H groups in total. The molecule has 0 nitrogen and oxygen atoms in total. The Hall–Kier alpha value is -0.500. The van der Waals surface area contributed by atoms with Gasteiger partial charge in [0.15, 0.2) is 6.01 Å². The monoisotopic (exact) mass is 155 g/mol. The third-order valence-electron chi connectivity index (χ3n) is 1.17. The molecule has 0 fully saturated rings. The van der Waals surface area contributed by atoms with Gasteiger partial charge < -0.3 is 0 Å². The van der Waals surface area contributed by atoms with Crippen LogP contribution in [0.5, 0.6) is 0 Å². The molecule has 0 saturated carbocycles. The van der Waals surface area contributed by atoms with Crippen LogP contribution in [0.4, 0.5) is 4.39 Å². The van der Waals surface area contributed by atoms with Crippen molar-refractivity contribution in [1.29, 1.82) is 0 Å². The van der Waals surface area contributed by atoms with Crippen LogP contribution < -0.4 is 0 Å². The fourth-order valence-corrected chi connectivity index (χ4v) is 1.25. The van der Waals surface area contributed by atoms with E-state index in [0.29, 0.717) is 6.01 Å². The van der Waals surface area contributed by atoms with Crippen LogP contribution in [0.15, 0.2) is 29.2 Å². The topological polar surface area (TPSA) is 0 Å². The molecule has 2 heteroatoms. The number of halogens is 1. The van der Waals surface area contributed by atoms with Crippen molar-refractivity contribution in [3.05, 3.63) is 35.8 Å². The lowest BCUT2D eigenvalue weighted by molar-refractivity contribution is 0.690. The minimum absolute atomic E-state index is 0.592. The van der Waals surface area contributed by atoms with Gasteiger partial charge in [-0.3, -0.25) is 0 Å². The van der Waals surface area contributed by atoms with E-state index >= 15 is 0 Å². The predicted octanol–water partition coefficient (Wildman–Crippen LogP) is 3.18. The number of thioether (sulfide) groups is 1. The molecular weight excluding hydrogens is 147 g/mol. The molecule has 0 aromatic heterocycles. The molecule has 1 radical (unpaired) electrons. The summed E-state index contributed by atoms with van der Waals surface area (Å²) in [4.78, 5) is 0.947. The van der Waals surface area contributed by atoms with Crippen molar-refractivity contribution >= 4 is 11.8 Å². The van der Waals surface area contributed by atoms with E-state index in [2.05, 4.69) is 0 Å². The number of hydrogen-bond donors (Lipinski definition) is 0. The van der Waals surface area contributed by atoms with E-state index in [1.165, 1.54) is 0 Å². The molecular formula is C8H8FS. The molecule has 1 aromatic rings. The van der Waals surface area contributed by atoms with Gasteiger partial charge in [0.1, 0.15) is 0 Å². The number of aryl methyl sites for hydroxylation is 1. The Morgan fingerprint density at radius 1 is 1.50 bits per heavy atom. The maximum atomic E-state index is 11.6. The zero-order valence-electron chi connectivity index (χ0n) is 5.67. The van der Waals surface area contributed by atoms with Gasteiger partial charge in [0.05, 0.1) is 0 Å². The van der Waals surface area contributed by atoms with Crippen LogP contribution in [0.3, 0.4) is 0 Å². The fourth-order valence-electron chi connectivity index (χ4n) is 0.740. The van der Waals surface area contributed by atoms with Gasteiger partial charge >= 0.3 is 0 Å². The van der Waals surface area contributed by atoms with Crippen LogP contribution in [-0.2, 0) is 0 Å². The molecule has 0 heterocycles. The van der Waals surface area contributed by atoms with E-state index in [-0.39, 0.29) is 0 Å². The van der Waals surface area contributed by atoms with E-state index in [1.54, 1.807) is 0 Å². The van der Waals surface area contributed by atoms with Gasteiger partial charge in [0, 0.05) is 4.90 Å². The maximum absolute atomic E-state index is 11.6. The minimum atomic E-state index is 0.592. The van der Waals surface area contributed by atoms with Gasteiger partial charge in [-0.1, -0.05) is 29.5 Å². The average molecular weight is 155 g/mol. The SMILES string of the molecule is Cc1cccc(S[CH]F)c1. The van der Waals surface area contributed by atoms with Crippen LogP contribution in [-0.4, -0.2) is 0 Å². The molecule has 1 aromatic carbocycles. The third kappa shape index (κ3) is 2.03. The molecule has 0 unspecified atom stereocenters. The summed E-state index contributed by atoms with van der Waals surface area (Å²) in [5.41, 5.74) is 1.16. The maximum Gasteiger partial charge on any atom is 0.191 e. The summed E-state index contributed by atoms with van der Waals surface area (Å²) in [6, 6.07) is 8.33. The molecule has 0 atom stereocenters. The summed E-state index contributed by atoms with van der Waals surface area (Å²) in [5, 5.41) is 0. The van der Waals surface area contributed by atoms with Gasteiger partial charge in [-0.15, -0.1) is 0 Å². The first-order valence-corrected chi connectivity index (χ1v) is 3.86. The van der Waals surface area contributed by atoms with Crippen molar-refractivity contribution in [2.45, 2.75) is 11.8 Å². The molecule has 0 saturated heterocycles. The van der Waals surface area contributed by atoms with Crippen molar-refractivity contribution in [3.63, 3.8) is 0 Å². The first kappa shape index (κ1) is 7.61. The average Bonchev–Trinajstić information content (AvgIpc) is 1.88. The highest BCUT2D eigenvalue weighted by Crippen LogP contribution is 2.21. The Bertz CT molecular complexity index is 210. The van der Waals surface area contributed by atoms with Gasteiger partial charge in [-0.2, -0.15) is 0 Å². The zero-order chi connectivity index (χ0) is 7.40. The van der Waals surface area contributed by atoms with Gasteiger partial charge in [0.25, 0.3) is 0 Å². The Labute approximate surface area is 64.4 Å². The molecule has 0 spiro atoms. The Morgan fingerprint density at radius 3 is 2.90 bits per heavy atom. The van der Waals surface area contributed by atoms with Crippen molar-refractivity contribution in [2.24, 2.45) is 0 Å². The quantitative estimate of drug-likeness (QED) is 0.591. The molecule has 0 amide bonds. The lowest BCUT2D eigenvalue weighted by Crippen LogP contribution is -1.71. The summed E-state index contributed by atoms with van der Waals surface area (Å²) in [6.07, 6.45) is 0. The van der Waals surface area contributed by atoms with Gasteiger partial charge in [-0.05, 0) is 19.1 Å². The second kappa shape index (κ2) is 3.62. The first-order chi connectivity index (χ1) is 4.83. The summed E-state index contributed by atoms with van der Waals surface area (Å²) in [5.74, 6) is 0. The van der Waals surface area contributed by atoms with Crippen LogP contribution in [0.25, 0.3) is 0 Å². The lowest BCUT2D eigenvalue weighted by atomic mass is 10.2. The van der Waals surface area contributed by atoms with Crippen LogP contribution >= 0.6 is 11.8 Å². The summed E-state index contributed by atoms with van der Waals surface area (Å²) in [7, 11) is 0. The second-order valence-electron chi connectivity index (χ2n) is 2.02. The van der Waals surface area contributed by atoms with Crippen LogP contribution in [0.1, 0.15) is 5.56 Å². The Morgan fingerprint density at radius 2 is 2.30 bits per heavy atom. The second-order valence-corrected chi connectivity index (χ2v) is 2.91. The molecule has 0 aliphatic carbocycles. The van der Waals surface area contributed by atoms with Crippen LogP contribution in [0.2, 0.25) is 0 Å². The van der Waals surface area contributed by atoms with Crippen molar-refractivity contribution in [3.8, 4) is 0 Å². The smallest absolute Gasteiger partial charge is 0.191 e. The number of hydrogen-bond acceptors (Lipinski definition) is 1. The molecule has 0 aliphatic heterocycles. The molecule has 10 heavy (non-hydrogen) atoms.